The fourth-order valence-electron chi connectivity index (χ4n) is 3.52. The normalized spacial score (nSPS) is 22.1. The zero-order chi connectivity index (χ0) is 20.1. The summed E-state index contributed by atoms with van der Waals surface area (Å²) in [7, 11) is 0. The molecule has 1 amide bonds. The Hall–Kier alpha value is -2.02. The summed E-state index contributed by atoms with van der Waals surface area (Å²) < 4.78 is 11.4. The number of aromatic nitrogens is 2. The molecule has 0 bridgehead atoms. The summed E-state index contributed by atoms with van der Waals surface area (Å²) in [6, 6.07) is 6.31. The summed E-state index contributed by atoms with van der Waals surface area (Å²) in [4.78, 5) is 12.3. The molecule has 7 heteroatoms. The highest BCUT2D eigenvalue weighted by molar-refractivity contribution is 7.99. The van der Waals surface area contributed by atoms with E-state index in [0.717, 1.165) is 23.3 Å². The predicted molar refractivity (Wildman–Crippen MR) is 109 cm³/mol. The van der Waals surface area contributed by atoms with E-state index in [1.54, 1.807) is 0 Å². The highest BCUT2D eigenvalue weighted by Gasteiger charge is 2.28. The van der Waals surface area contributed by atoms with E-state index in [-0.39, 0.29) is 24.3 Å². The van der Waals surface area contributed by atoms with E-state index in [1.165, 1.54) is 24.6 Å². The Morgan fingerprint density at radius 3 is 2.93 bits per heavy atom. The van der Waals surface area contributed by atoms with Crippen LogP contribution in [0.5, 0.6) is 5.75 Å². The number of hydrogen-bond acceptors (Lipinski definition) is 6. The fraction of sp³-hybridized carbons (Fsp3) is 0.571. The lowest BCUT2D eigenvalue weighted by Crippen LogP contribution is -2.44. The van der Waals surface area contributed by atoms with Crippen molar-refractivity contribution in [3.8, 4) is 5.75 Å². The van der Waals surface area contributed by atoms with Crippen LogP contribution < -0.4 is 10.1 Å². The smallest absolute Gasteiger partial charge is 0.277 e. The second-order valence-corrected chi connectivity index (χ2v) is 8.68. The molecule has 1 fully saturated rings. The number of nitrogens with zero attached hydrogens (tertiary/aromatic N) is 2. The number of amides is 1. The highest BCUT2D eigenvalue weighted by atomic mass is 32.2. The van der Waals surface area contributed by atoms with Gasteiger partial charge in [0.1, 0.15) is 5.75 Å². The van der Waals surface area contributed by atoms with Gasteiger partial charge in [-0.2, -0.15) is 0 Å². The average Bonchev–Trinajstić information content (AvgIpc) is 3.12. The molecule has 6 nitrogen and oxygen atoms in total. The van der Waals surface area contributed by atoms with Crippen LogP contribution in [0.15, 0.2) is 27.8 Å². The van der Waals surface area contributed by atoms with E-state index >= 15 is 0 Å². The largest absolute Gasteiger partial charge is 0.484 e. The lowest BCUT2D eigenvalue weighted by molar-refractivity contribution is -0.120. The Balaban J connectivity index is 1.45. The second kappa shape index (κ2) is 9.45. The molecule has 0 spiro atoms. The summed E-state index contributed by atoms with van der Waals surface area (Å²) in [5, 5.41) is 11.6. The summed E-state index contributed by atoms with van der Waals surface area (Å²) in [6.07, 6.45) is 3.48. The van der Waals surface area contributed by atoms with Crippen LogP contribution in [0, 0.1) is 25.7 Å². The van der Waals surface area contributed by atoms with Crippen molar-refractivity contribution in [3.05, 3.63) is 35.2 Å². The van der Waals surface area contributed by atoms with Gasteiger partial charge in [-0.1, -0.05) is 50.6 Å². The van der Waals surface area contributed by atoms with E-state index in [1.807, 2.05) is 32.0 Å². The molecule has 2 aromatic rings. The number of ether oxygens (including phenoxy) is 1. The zero-order valence-electron chi connectivity index (χ0n) is 17.0. The van der Waals surface area contributed by atoms with Gasteiger partial charge in [0.2, 0.25) is 5.91 Å². The molecule has 0 radical (unpaired) electrons. The third-order valence-corrected chi connectivity index (χ3v) is 6.34. The molecule has 1 aromatic carbocycles. The van der Waals surface area contributed by atoms with Crippen LogP contribution in [-0.4, -0.2) is 27.9 Å². The summed E-state index contributed by atoms with van der Waals surface area (Å²) >= 11 is 1.26. The van der Waals surface area contributed by atoms with Crippen LogP contribution in [0.1, 0.15) is 50.1 Å². The standard InChI is InChI=1S/C21H29N3O3S/c1-13-8-9-15(3)18(10-13)26-11-20-23-24-21(27-20)28-12-19(25)22-17-7-5-6-14(2)16(17)4/h8-10,14,16-17H,5-7,11-12H2,1-4H3,(H,22,25)/t14-,16-,17-/m1/s1. The molecule has 1 N–H and O–H groups in total. The minimum atomic E-state index is 0.0161. The first kappa shape index (κ1) is 20.7. The van der Waals surface area contributed by atoms with Crippen molar-refractivity contribution in [2.45, 2.75) is 64.8 Å². The van der Waals surface area contributed by atoms with Crippen molar-refractivity contribution in [1.82, 2.24) is 15.5 Å². The van der Waals surface area contributed by atoms with Gasteiger partial charge in [0, 0.05) is 6.04 Å². The Morgan fingerprint density at radius 1 is 1.29 bits per heavy atom. The monoisotopic (exact) mass is 403 g/mol. The molecule has 1 aliphatic carbocycles. The Bertz CT molecular complexity index is 808. The molecule has 0 unspecified atom stereocenters. The SMILES string of the molecule is Cc1ccc(C)c(OCc2nnc(SCC(=O)N[C@@H]3CCC[C@@H](C)[C@H]3C)o2)c1. The van der Waals surface area contributed by atoms with E-state index in [2.05, 4.69) is 29.4 Å². The van der Waals surface area contributed by atoms with Crippen LogP contribution in [-0.2, 0) is 11.4 Å². The van der Waals surface area contributed by atoms with Gasteiger partial charge in [-0.3, -0.25) is 4.79 Å². The highest BCUT2D eigenvalue weighted by Crippen LogP contribution is 2.29. The molecular formula is C21H29N3O3S. The zero-order valence-corrected chi connectivity index (χ0v) is 17.8. The lowest BCUT2D eigenvalue weighted by Gasteiger charge is -2.34. The number of nitrogens with one attached hydrogen (secondary N) is 1. The molecular weight excluding hydrogens is 374 g/mol. The minimum absolute atomic E-state index is 0.0161. The van der Waals surface area contributed by atoms with E-state index in [9.17, 15) is 4.79 Å². The molecule has 1 heterocycles. The molecule has 3 atom stereocenters. The molecule has 28 heavy (non-hydrogen) atoms. The molecule has 0 aliphatic heterocycles. The van der Waals surface area contributed by atoms with Crippen LogP contribution in [0.25, 0.3) is 0 Å². The van der Waals surface area contributed by atoms with Gasteiger partial charge in [-0.05, 0) is 49.3 Å². The minimum Gasteiger partial charge on any atom is -0.484 e. The summed E-state index contributed by atoms with van der Waals surface area (Å²) in [6.45, 7) is 8.71. The van der Waals surface area contributed by atoms with Crippen LogP contribution >= 0.6 is 11.8 Å². The average molecular weight is 404 g/mol. The molecule has 3 rings (SSSR count). The quantitative estimate of drug-likeness (QED) is 0.695. The third-order valence-electron chi connectivity index (χ3n) is 5.52. The van der Waals surface area contributed by atoms with Crippen LogP contribution in [0.2, 0.25) is 0 Å². The number of carbonyl (C=O) groups excluding carboxylic acids is 1. The lowest BCUT2D eigenvalue weighted by atomic mass is 9.78. The Labute approximate surface area is 170 Å². The Morgan fingerprint density at radius 2 is 2.11 bits per heavy atom. The van der Waals surface area contributed by atoms with Gasteiger partial charge in [-0.25, -0.2) is 0 Å². The fourth-order valence-corrected chi connectivity index (χ4v) is 4.11. The maximum Gasteiger partial charge on any atom is 0.277 e. The molecule has 1 aromatic heterocycles. The van der Waals surface area contributed by atoms with Crippen LogP contribution in [0.4, 0.5) is 0 Å². The number of hydrogen-bond donors (Lipinski definition) is 1. The first-order valence-electron chi connectivity index (χ1n) is 9.87. The van der Waals surface area contributed by atoms with Gasteiger partial charge < -0.3 is 14.5 Å². The van der Waals surface area contributed by atoms with Crippen molar-refractivity contribution >= 4 is 17.7 Å². The third kappa shape index (κ3) is 5.50. The van der Waals surface area contributed by atoms with Gasteiger partial charge in [0.15, 0.2) is 6.61 Å². The topological polar surface area (TPSA) is 77.2 Å². The molecule has 1 saturated carbocycles. The van der Waals surface area contributed by atoms with Crippen molar-refractivity contribution in [3.63, 3.8) is 0 Å². The maximum absolute atomic E-state index is 12.3. The summed E-state index contributed by atoms with van der Waals surface area (Å²) in [5.74, 6) is 2.67. The first-order valence-corrected chi connectivity index (χ1v) is 10.9. The van der Waals surface area contributed by atoms with E-state index in [4.69, 9.17) is 9.15 Å². The predicted octanol–water partition coefficient (Wildman–Crippen LogP) is 4.30. The van der Waals surface area contributed by atoms with Gasteiger partial charge >= 0.3 is 0 Å². The van der Waals surface area contributed by atoms with Crippen molar-refractivity contribution in [2.75, 3.05) is 5.75 Å². The number of carbonyl (C=O) groups is 1. The second-order valence-electron chi connectivity index (χ2n) is 7.75. The first-order chi connectivity index (χ1) is 13.4. The van der Waals surface area contributed by atoms with Crippen molar-refractivity contribution < 1.29 is 13.9 Å². The van der Waals surface area contributed by atoms with Crippen LogP contribution in [0.3, 0.4) is 0 Å². The van der Waals surface area contributed by atoms with Crippen molar-refractivity contribution in [2.24, 2.45) is 11.8 Å². The van der Waals surface area contributed by atoms with Gasteiger partial charge in [0.25, 0.3) is 11.1 Å². The van der Waals surface area contributed by atoms with Gasteiger partial charge in [-0.15, -0.1) is 10.2 Å². The number of thioether (sulfide) groups is 1. The maximum atomic E-state index is 12.3. The molecule has 1 aliphatic rings. The molecule has 0 saturated heterocycles. The molecule has 152 valence electrons. The van der Waals surface area contributed by atoms with Gasteiger partial charge in [0.05, 0.1) is 5.75 Å². The number of benzene rings is 1. The summed E-state index contributed by atoms with van der Waals surface area (Å²) in [5.41, 5.74) is 2.19. The van der Waals surface area contributed by atoms with E-state index < -0.39 is 0 Å². The Kier molecular flexibility index (Phi) is 6.99. The number of aryl methyl sites for hydroxylation is 2. The van der Waals surface area contributed by atoms with E-state index in [0.29, 0.717) is 22.9 Å². The van der Waals surface area contributed by atoms with Crippen molar-refractivity contribution in [1.29, 1.82) is 0 Å². The number of rotatable bonds is 7.